The maximum atomic E-state index is 12.8. The van der Waals surface area contributed by atoms with E-state index in [0.29, 0.717) is 18.8 Å². The SMILES string of the molecule is Cc1cc(-c2cccs2)nc([C@@H]2CCCN(C(=O)Cn3nc(C)ccc3=O)C2)n1. The molecule has 7 nitrogen and oxygen atoms in total. The quantitative estimate of drug-likeness (QED) is 0.662. The minimum atomic E-state index is -0.264. The number of likely N-dealkylation sites (tertiary alicyclic amines) is 1. The molecule has 0 bridgehead atoms. The molecule has 8 heteroatoms. The molecule has 4 rings (SSSR count). The molecular weight excluding hydrogens is 386 g/mol. The molecular formula is C21H23N5O2S. The van der Waals surface area contributed by atoms with Gasteiger partial charge in [-0.05, 0) is 50.3 Å². The van der Waals surface area contributed by atoms with Crippen LogP contribution in [0.3, 0.4) is 0 Å². The minimum Gasteiger partial charge on any atom is -0.340 e. The second-order valence-electron chi connectivity index (χ2n) is 7.38. The van der Waals surface area contributed by atoms with Crippen LogP contribution >= 0.6 is 11.3 Å². The smallest absolute Gasteiger partial charge is 0.267 e. The van der Waals surface area contributed by atoms with Crippen LogP contribution in [0.25, 0.3) is 10.6 Å². The van der Waals surface area contributed by atoms with Crippen molar-refractivity contribution in [2.45, 2.75) is 39.2 Å². The lowest BCUT2D eigenvalue weighted by Gasteiger charge is -2.32. The second-order valence-corrected chi connectivity index (χ2v) is 8.33. The summed E-state index contributed by atoms with van der Waals surface area (Å²) < 4.78 is 1.24. The highest BCUT2D eigenvalue weighted by Crippen LogP contribution is 2.28. The van der Waals surface area contributed by atoms with Crippen molar-refractivity contribution in [1.82, 2.24) is 24.6 Å². The summed E-state index contributed by atoms with van der Waals surface area (Å²) in [5.74, 6) is 0.784. The third-order valence-electron chi connectivity index (χ3n) is 5.07. The van der Waals surface area contributed by atoms with Crippen LogP contribution in [0.2, 0.25) is 0 Å². The highest BCUT2D eigenvalue weighted by Gasteiger charge is 2.27. The predicted octanol–water partition coefficient (Wildman–Crippen LogP) is 2.78. The number of nitrogens with zero attached hydrogens (tertiary/aromatic N) is 5. The van der Waals surface area contributed by atoms with E-state index in [1.807, 2.05) is 24.4 Å². The molecule has 1 saturated heterocycles. The molecule has 4 heterocycles. The van der Waals surface area contributed by atoms with Gasteiger partial charge in [-0.25, -0.2) is 14.6 Å². The monoisotopic (exact) mass is 409 g/mol. The Kier molecular flexibility index (Phi) is 5.53. The van der Waals surface area contributed by atoms with Crippen LogP contribution in [0.15, 0.2) is 40.5 Å². The van der Waals surface area contributed by atoms with E-state index in [-0.39, 0.29) is 23.9 Å². The number of aromatic nitrogens is 4. The Morgan fingerprint density at radius 3 is 2.86 bits per heavy atom. The Balaban J connectivity index is 1.52. The Labute approximate surface area is 173 Å². The third kappa shape index (κ3) is 4.42. The van der Waals surface area contributed by atoms with Gasteiger partial charge in [0.1, 0.15) is 12.4 Å². The Morgan fingerprint density at radius 1 is 1.21 bits per heavy atom. The number of hydrogen-bond donors (Lipinski definition) is 0. The maximum absolute atomic E-state index is 12.8. The Hall–Kier alpha value is -2.87. The highest BCUT2D eigenvalue weighted by molar-refractivity contribution is 7.13. The summed E-state index contributed by atoms with van der Waals surface area (Å²) in [5, 5.41) is 6.21. The number of amides is 1. The van der Waals surface area contributed by atoms with Crippen LogP contribution in [0.1, 0.15) is 36.0 Å². The lowest BCUT2D eigenvalue weighted by atomic mass is 9.96. The molecule has 0 aliphatic carbocycles. The van der Waals surface area contributed by atoms with Crippen LogP contribution < -0.4 is 5.56 Å². The number of piperidine rings is 1. The van der Waals surface area contributed by atoms with Crippen molar-refractivity contribution in [3.63, 3.8) is 0 Å². The van der Waals surface area contributed by atoms with Gasteiger partial charge in [-0.2, -0.15) is 5.10 Å². The van der Waals surface area contributed by atoms with Crippen molar-refractivity contribution < 1.29 is 4.79 Å². The molecule has 3 aromatic heterocycles. The first-order chi connectivity index (χ1) is 14.0. The van der Waals surface area contributed by atoms with Gasteiger partial charge in [0, 0.05) is 30.8 Å². The minimum absolute atomic E-state index is 0.0393. The van der Waals surface area contributed by atoms with Crippen molar-refractivity contribution >= 4 is 17.2 Å². The van der Waals surface area contributed by atoms with Crippen LogP contribution in [0, 0.1) is 13.8 Å². The first-order valence-corrected chi connectivity index (χ1v) is 10.6. The molecule has 0 unspecified atom stereocenters. The molecule has 0 radical (unpaired) electrons. The summed E-state index contributed by atoms with van der Waals surface area (Å²) >= 11 is 1.66. The predicted molar refractivity (Wildman–Crippen MR) is 112 cm³/mol. The van der Waals surface area contributed by atoms with E-state index in [9.17, 15) is 9.59 Å². The first-order valence-electron chi connectivity index (χ1n) is 9.71. The normalized spacial score (nSPS) is 16.8. The second kappa shape index (κ2) is 8.24. The molecule has 29 heavy (non-hydrogen) atoms. The number of thiophene rings is 1. The van der Waals surface area contributed by atoms with Gasteiger partial charge in [-0.1, -0.05) is 6.07 Å². The number of carbonyl (C=O) groups is 1. The fourth-order valence-corrected chi connectivity index (χ4v) is 4.32. The molecule has 1 aliphatic rings. The standard InChI is InChI=1S/C21H23N5O2S/c1-14-7-8-19(27)26(24-14)13-20(28)25-9-3-5-16(12-25)21-22-15(2)11-17(23-21)18-6-4-10-29-18/h4,6-8,10-11,16H,3,5,9,12-13H2,1-2H3/t16-/m1/s1. The van der Waals surface area contributed by atoms with E-state index in [4.69, 9.17) is 4.98 Å². The average Bonchev–Trinajstić information content (AvgIpc) is 3.25. The molecule has 1 amide bonds. The number of hydrogen-bond acceptors (Lipinski definition) is 6. The van der Waals surface area contributed by atoms with E-state index in [0.717, 1.165) is 34.9 Å². The number of carbonyl (C=O) groups excluding carboxylic acids is 1. The summed E-state index contributed by atoms with van der Waals surface area (Å²) in [4.78, 5) is 37.2. The molecule has 1 aliphatic heterocycles. The lowest BCUT2D eigenvalue weighted by Crippen LogP contribution is -2.42. The zero-order chi connectivity index (χ0) is 20.4. The van der Waals surface area contributed by atoms with Crippen LogP contribution in [-0.2, 0) is 11.3 Å². The fraction of sp³-hybridized carbons (Fsp3) is 0.381. The molecule has 0 N–H and O–H groups in total. The van der Waals surface area contributed by atoms with E-state index >= 15 is 0 Å². The van der Waals surface area contributed by atoms with Crippen LogP contribution in [0.4, 0.5) is 0 Å². The van der Waals surface area contributed by atoms with Gasteiger partial charge in [0.25, 0.3) is 5.56 Å². The van der Waals surface area contributed by atoms with Gasteiger partial charge in [0.15, 0.2) is 0 Å². The van der Waals surface area contributed by atoms with Crippen LogP contribution in [-0.4, -0.2) is 43.6 Å². The Morgan fingerprint density at radius 2 is 2.07 bits per heavy atom. The van der Waals surface area contributed by atoms with E-state index < -0.39 is 0 Å². The number of aryl methyl sites for hydroxylation is 2. The molecule has 1 fully saturated rings. The third-order valence-corrected chi connectivity index (χ3v) is 5.96. The lowest BCUT2D eigenvalue weighted by molar-refractivity contribution is -0.133. The van der Waals surface area contributed by atoms with E-state index in [1.165, 1.54) is 10.7 Å². The zero-order valence-electron chi connectivity index (χ0n) is 16.5. The summed E-state index contributed by atoms with van der Waals surface area (Å²) in [6, 6.07) is 9.16. The van der Waals surface area contributed by atoms with E-state index in [1.54, 1.807) is 29.2 Å². The summed E-state index contributed by atoms with van der Waals surface area (Å²) in [6.07, 6.45) is 1.83. The van der Waals surface area contributed by atoms with Gasteiger partial charge in [0.2, 0.25) is 5.91 Å². The highest BCUT2D eigenvalue weighted by atomic mass is 32.1. The Bertz CT molecular complexity index is 1080. The van der Waals surface area contributed by atoms with Gasteiger partial charge < -0.3 is 4.90 Å². The molecule has 1 atom stereocenters. The van der Waals surface area contributed by atoms with Crippen molar-refractivity contribution in [3.05, 3.63) is 63.3 Å². The van der Waals surface area contributed by atoms with Gasteiger partial charge in [-0.3, -0.25) is 9.59 Å². The zero-order valence-corrected chi connectivity index (χ0v) is 17.4. The molecule has 0 aromatic carbocycles. The van der Waals surface area contributed by atoms with Gasteiger partial charge in [0.05, 0.1) is 16.3 Å². The van der Waals surface area contributed by atoms with Crippen molar-refractivity contribution in [1.29, 1.82) is 0 Å². The molecule has 150 valence electrons. The van der Waals surface area contributed by atoms with E-state index in [2.05, 4.69) is 16.1 Å². The summed E-state index contributed by atoms with van der Waals surface area (Å²) in [7, 11) is 0. The summed E-state index contributed by atoms with van der Waals surface area (Å²) in [5.41, 5.74) is 2.31. The fourth-order valence-electron chi connectivity index (χ4n) is 3.63. The van der Waals surface area contributed by atoms with Crippen molar-refractivity contribution in [2.75, 3.05) is 13.1 Å². The molecule has 0 saturated carbocycles. The largest absolute Gasteiger partial charge is 0.340 e. The number of rotatable bonds is 4. The summed E-state index contributed by atoms with van der Waals surface area (Å²) in [6.45, 7) is 4.98. The van der Waals surface area contributed by atoms with Crippen LogP contribution in [0.5, 0.6) is 0 Å². The van der Waals surface area contributed by atoms with Crippen molar-refractivity contribution in [2.24, 2.45) is 0 Å². The molecule has 0 spiro atoms. The van der Waals surface area contributed by atoms with Crippen molar-refractivity contribution in [3.8, 4) is 10.6 Å². The van der Waals surface area contributed by atoms with Gasteiger partial charge in [-0.15, -0.1) is 11.3 Å². The topological polar surface area (TPSA) is 81.0 Å². The maximum Gasteiger partial charge on any atom is 0.267 e. The first kappa shape index (κ1) is 19.4. The average molecular weight is 410 g/mol. The van der Waals surface area contributed by atoms with Gasteiger partial charge >= 0.3 is 0 Å². The molecule has 3 aromatic rings.